The first-order valence-corrected chi connectivity index (χ1v) is 12.1. The maximum Gasteiger partial charge on any atom is 0.407 e. The van der Waals surface area contributed by atoms with Crippen LogP contribution in [-0.4, -0.2) is 42.3 Å². The molecule has 34 heavy (non-hydrogen) atoms. The van der Waals surface area contributed by atoms with Gasteiger partial charge in [0.2, 0.25) is 5.91 Å². The second-order valence-electron chi connectivity index (χ2n) is 9.24. The van der Waals surface area contributed by atoms with Crippen LogP contribution in [0.25, 0.3) is 11.1 Å². The molecule has 2 amide bonds. The van der Waals surface area contributed by atoms with E-state index in [2.05, 4.69) is 34.9 Å². The molecule has 7 heteroatoms. The first-order valence-electron chi connectivity index (χ1n) is 12.1. The lowest BCUT2D eigenvalue weighted by atomic mass is 9.81. The SMILES string of the molecule is CCC(NC(=O)C1CCCC(CNC(=O)OCC2c3ccccc3-c3ccccc32)C1)C(=O)O. The highest BCUT2D eigenvalue weighted by Crippen LogP contribution is 2.44. The molecular formula is C27H32N2O5. The third-order valence-corrected chi connectivity index (χ3v) is 7.06. The van der Waals surface area contributed by atoms with Crippen LogP contribution in [0.15, 0.2) is 48.5 Å². The minimum Gasteiger partial charge on any atom is -0.480 e. The predicted octanol–water partition coefficient (Wildman–Crippen LogP) is 4.31. The van der Waals surface area contributed by atoms with Crippen molar-refractivity contribution in [2.24, 2.45) is 11.8 Å². The summed E-state index contributed by atoms with van der Waals surface area (Å²) in [4.78, 5) is 36.2. The Morgan fingerprint density at radius 1 is 1.03 bits per heavy atom. The van der Waals surface area contributed by atoms with Crippen molar-refractivity contribution in [3.05, 3.63) is 59.7 Å². The van der Waals surface area contributed by atoms with Gasteiger partial charge in [0.15, 0.2) is 0 Å². The van der Waals surface area contributed by atoms with Crippen molar-refractivity contribution in [2.75, 3.05) is 13.2 Å². The van der Waals surface area contributed by atoms with Gasteiger partial charge < -0.3 is 20.5 Å². The fraction of sp³-hybridized carbons (Fsp3) is 0.444. The van der Waals surface area contributed by atoms with E-state index in [4.69, 9.17) is 4.74 Å². The molecule has 4 rings (SSSR count). The van der Waals surface area contributed by atoms with Crippen LogP contribution in [0.3, 0.4) is 0 Å². The molecule has 180 valence electrons. The van der Waals surface area contributed by atoms with Gasteiger partial charge in [0.1, 0.15) is 12.6 Å². The van der Waals surface area contributed by atoms with E-state index in [0.717, 1.165) is 19.3 Å². The monoisotopic (exact) mass is 464 g/mol. The fourth-order valence-corrected chi connectivity index (χ4v) is 5.22. The molecule has 3 N–H and O–H groups in total. The van der Waals surface area contributed by atoms with Gasteiger partial charge in [-0.05, 0) is 53.9 Å². The van der Waals surface area contributed by atoms with Crippen LogP contribution in [-0.2, 0) is 14.3 Å². The third kappa shape index (κ3) is 5.24. The molecule has 0 saturated heterocycles. The Kier molecular flexibility index (Phi) is 7.50. The van der Waals surface area contributed by atoms with Crippen LogP contribution in [0, 0.1) is 11.8 Å². The van der Waals surface area contributed by atoms with E-state index in [-0.39, 0.29) is 30.3 Å². The zero-order chi connectivity index (χ0) is 24.1. The number of amides is 2. The molecule has 3 atom stereocenters. The molecule has 2 aliphatic rings. The zero-order valence-electron chi connectivity index (χ0n) is 19.5. The van der Waals surface area contributed by atoms with Gasteiger partial charge in [-0.25, -0.2) is 9.59 Å². The van der Waals surface area contributed by atoms with Crippen molar-refractivity contribution in [1.82, 2.24) is 10.6 Å². The number of benzene rings is 2. The molecule has 3 unspecified atom stereocenters. The van der Waals surface area contributed by atoms with Crippen LogP contribution in [0.4, 0.5) is 4.79 Å². The lowest BCUT2D eigenvalue weighted by molar-refractivity contribution is -0.142. The normalized spacial score (nSPS) is 20.0. The number of rotatable bonds is 8. The molecule has 2 aromatic carbocycles. The zero-order valence-corrected chi connectivity index (χ0v) is 19.5. The second kappa shape index (κ2) is 10.7. The average Bonchev–Trinajstić information content (AvgIpc) is 3.18. The highest BCUT2D eigenvalue weighted by Gasteiger charge is 2.31. The number of carboxylic acid groups (broad SMARTS) is 1. The summed E-state index contributed by atoms with van der Waals surface area (Å²) in [5, 5.41) is 14.7. The number of nitrogens with one attached hydrogen (secondary N) is 2. The number of hydrogen-bond acceptors (Lipinski definition) is 4. The first kappa shape index (κ1) is 23.8. The molecule has 0 spiro atoms. The van der Waals surface area contributed by atoms with Crippen molar-refractivity contribution in [2.45, 2.75) is 51.0 Å². The summed E-state index contributed by atoms with van der Waals surface area (Å²) in [5.41, 5.74) is 4.72. The van der Waals surface area contributed by atoms with Gasteiger partial charge in [-0.15, -0.1) is 0 Å². The van der Waals surface area contributed by atoms with Gasteiger partial charge in [-0.2, -0.15) is 0 Å². The van der Waals surface area contributed by atoms with E-state index in [9.17, 15) is 19.5 Å². The minimum absolute atomic E-state index is 0.0154. The van der Waals surface area contributed by atoms with Gasteiger partial charge >= 0.3 is 12.1 Å². The Morgan fingerprint density at radius 2 is 1.68 bits per heavy atom. The summed E-state index contributed by atoms with van der Waals surface area (Å²) >= 11 is 0. The highest BCUT2D eigenvalue weighted by molar-refractivity contribution is 5.85. The van der Waals surface area contributed by atoms with Gasteiger partial charge in [0.05, 0.1) is 0 Å². The van der Waals surface area contributed by atoms with Gasteiger partial charge in [-0.1, -0.05) is 61.9 Å². The number of carbonyl (C=O) groups is 3. The number of carbonyl (C=O) groups excluding carboxylic acids is 2. The van der Waals surface area contributed by atoms with Crippen LogP contribution < -0.4 is 10.6 Å². The molecule has 0 bridgehead atoms. The Labute approximate surface area is 199 Å². The minimum atomic E-state index is -1.01. The van der Waals surface area contributed by atoms with E-state index in [0.29, 0.717) is 19.4 Å². The Balaban J connectivity index is 1.27. The van der Waals surface area contributed by atoms with E-state index in [1.54, 1.807) is 6.92 Å². The summed E-state index contributed by atoms with van der Waals surface area (Å²) in [7, 11) is 0. The lowest BCUT2D eigenvalue weighted by Gasteiger charge is -2.29. The molecule has 7 nitrogen and oxygen atoms in total. The number of hydrogen-bond donors (Lipinski definition) is 3. The Hall–Kier alpha value is -3.35. The van der Waals surface area contributed by atoms with Crippen molar-refractivity contribution < 1.29 is 24.2 Å². The van der Waals surface area contributed by atoms with Gasteiger partial charge in [0, 0.05) is 18.4 Å². The largest absolute Gasteiger partial charge is 0.480 e. The molecule has 2 aromatic rings. The van der Waals surface area contributed by atoms with Crippen LogP contribution in [0.2, 0.25) is 0 Å². The average molecular weight is 465 g/mol. The van der Waals surface area contributed by atoms with Crippen LogP contribution >= 0.6 is 0 Å². The Morgan fingerprint density at radius 3 is 2.29 bits per heavy atom. The number of ether oxygens (including phenoxy) is 1. The van der Waals surface area contributed by atoms with E-state index < -0.39 is 18.1 Å². The molecule has 1 saturated carbocycles. The molecule has 2 aliphatic carbocycles. The maximum atomic E-state index is 12.5. The first-order chi connectivity index (χ1) is 16.5. The molecule has 0 heterocycles. The third-order valence-electron chi connectivity index (χ3n) is 7.06. The predicted molar refractivity (Wildman–Crippen MR) is 128 cm³/mol. The van der Waals surface area contributed by atoms with Gasteiger partial charge in [0.25, 0.3) is 0 Å². The second-order valence-corrected chi connectivity index (χ2v) is 9.24. The summed E-state index contributed by atoms with van der Waals surface area (Å²) in [5.74, 6) is -1.27. The van der Waals surface area contributed by atoms with Crippen LogP contribution in [0.1, 0.15) is 56.1 Å². The van der Waals surface area contributed by atoms with Crippen molar-refractivity contribution in [1.29, 1.82) is 0 Å². The topological polar surface area (TPSA) is 105 Å². The fourth-order valence-electron chi connectivity index (χ4n) is 5.22. The van der Waals surface area contributed by atoms with E-state index in [1.165, 1.54) is 22.3 Å². The molecule has 0 aliphatic heterocycles. The summed E-state index contributed by atoms with van der Waals surface area (Å²) in [6.45, 7) is 2.45. The lowest BCUT2D eigenvalue weighted by Crippen LogP contribution is -2.44. The summed E-state index contributed by atoms with van der Waals surface area (Å²) in [6, 6.07) is 15.6. The molecule has 0 radical (unpaired) electrons. The summed E-state index contributed by atoms with van der Waals surface area (Å²) in [6.07, 6.45) is 3.06. The van der Waals surface area contributed by atoms with Crippen LogP contribution in [0.5, 0.6) is 0 Å². The maximum absolute atomic E-state index is 12.5. The molecular weight excluding hydrogens is 432 g/mol. The highest BCUT2D eigenvalue weighted by atomic mass is 16.5. The number of aliphatic carboxylic acids is 1. The number of fused-ring (bicyclic) bond motifs is 3. The van der Waals surface area contributed by atoms with E-state index >= 15 is 0 Å². The molecule has 0 aromatic heterocycles. The molecule has 1 fully saturated rings. The van der Waals surface area contributed by atoms with E-state index in [1.807, 2.05) is 24.3 Å². The Bertz CT molecular complexity index is 1010. The summed E-state index contributed by atoms with van der Waals surface area (Å²) < 4.78 is 5.60. The smallest absolute Gasteiger partial charge is 0.407 e. The number of alkyl carbamates (subject to hydrolysis) is 1. The quantitative estimate of drug-likeness (QED) is 0.540. The van der Waals surface area contributed by atoms with Crippen molar-refractivity contribution in [3.63, 3.8) is 0 Å². The van der Waals surface area contributed by atoms with Crippen molar-refractivity contribution >= 4 is 18.0 Å². The van der Waals surface area contributed by atoms with Crippen molar-refractivity contribution in [3.8, 4) is 11.1 Å². The number of carboxylic acids is 1. The standard InChI is InChI=1S/C27H32N2O5/c1-2-24(26(31)32)29-25(30)18-9-7-8-17(14-18)15-28-27(33)34-16-23-21-12-5-3-10-19(21)20-11-4-6-13-22(20)23/h3-6,10-13,17-18,23-24H,2,7-9,14-16H2,1H3,(H,28,33)(H,29,30)(H,31,32). The van der Waals surface area contributed by atoms with Gasteiger partial charge in [-0.3, -0.25) is 4.79 Å².